The van der Waals surface area contributed by atoms with Crippen LogP contribution in [0.2, 0.25) is 0 Å². The van der Waals surface area contributed by atoms with E-state index in [1.165, 1.54) is 17.0 Å². The first-order valence-corrected chi connectivity index (χ1v) is 10.4. The normalized spacial score (nSPS) is 15.1. The lowest BCUT2D eigenvalue weighted by Crippen LogP contribution is -2.34. The number of aromatic amines is 1. The summed E-state index contributed by atoms with van der Waals surface area (Å²) >= 11 is 0. The Labute approximate surface area is 172 Å². The summed E-state index contributed by atoms with van der Waals surface area (Å²) in [7, 11) is 0. The fourth-order valence-electron chi connectivity index (χ4n) is 4.03. The van der Waals surface area contributed by atoms with E-state index < -0.39 is 0 Å². The van der Waals surface area contributed by atoms with Crippen LogP contribution in [-0.2, 0) is 0 Å². The Morgan fingerprint density at radius 1 is 1.14 bits per heavy atom. The fraction of sp³-hybridized carbons (Fsp3) is 0.435. The number of benzene rings is 1. The molecule has 1 aromatic carbocycles. The lowest BCUT2D eigenvalue weighted by atomic mass is 9.92. The van der Waals surface area contributed by atoms with Crippen molar-refractivity contribution in [3.63, 3.8) is 0 Å². The van der Waals surface area contributed by atoms with E-state index in [2.05, 4.69) is 58.0 Å². The molecule has 6 nitrogen and oxygen atoms in total. The van der Waals surface area contributed by atoms with Crippen molar-refractivity contribution in [2.24, 2.45) is 0 Å². The zero-order valence-corrected chi connectivity index (χ0v) is 17.6. The molecular formula is C23H29N5O. The summed E-state index contributed by atoms with van der Waals surface area (Å²) in [4.78, 5) is 19.4. The van der Waals surface area contributed by atoms with E-state index in [-0.39, 0.29) is 6.10 Å². The molecule has 4 rings (SSSR count). The molecule has 0 atom stereocenters. The van der Waals surface area contributed by atoms with Gasteiger partial charge in [-0.2, -0.15) is 4.98 Å². The molecule has 0 unspecified atom stereocenters. The van der Waals surface area contributed by atoms with Crippen molar-refractivity contribution in [3.8, 4) is 17.1 Å². The highest BCUT2D eigenvalue weighted by Gasteiger charge is 2.26. The van der Waals surface area contributed by atoms with Crippen molar-refractivity contribution >= 4 is 5.82 Å². The SMILES string of the molecule is Cc1cccc(-c2cnc(OC(C)C)nc2N2CCC(c3nc[nH]c3C)CC2)c1. The molecule has 3 aromatic rings. The van der Waals surface area contributed by atoms with E-state index >= 15 is 0 Å². The molecule has 152 valence electrons. The number of imidazole rings is 1. The Bertz CT molecular complexity index is 973. The maximum atomic E-state index is 5.79. The molecule has 1 saturated heterocycles. The zero-order valence-electron chi connectivity index (χ0n) is 17.6. The predicted octanol–water partition coefficient (Wildman–Crippen LogP) is 4.65. The van der Waals surface area contributed by atoms with Crippen LogP contribution in [0.25, 0.3) is 11.1 Å². The summed E-state index contributed by atoms with van der Waals surface area (Å²) in [5.74, 6) is 1.45. The van der Waals surface area contributed by atoms with Crippen LogP contribution >= 0.6 is 0 Å². The minimum atomic E-state index is 0.0426. The quantitative estimate of drug-likeness (QED) is 0.685. The molecule has 1 N–H and O–H groups in total. The molecule has 1 aliphatic rings. The second-order valence-corrected chi connectivity index (χ2v) is 8.10. The Hall–Kier alpha value is -2.89. The van der Waals surface area contributed by atoms with Gasteiger partial charge in [0.2, 0.25) is 0 Å². The molecule has 0 aliphatic carbocycles. The molecule has 0 amide bonds. The van der Waals surface area contributed by atoms with Gasteiger partial charge in [0.05, 0.1) is 18.1 Å². The zero-order chi connectivity index (χ0) is 20.4. The van der Waals surface area contributed by atoms with E-state index in [1.54, 1.807) is 6.33 Å². The third-order valence-corrected chi connectivity index (χ3v) is 5.47. The molecule has 6 heteroatoms. The third-order valence-electron chi connectivity index (χ3n) is 5.47. The molecule has 2 aromatic heterocycles. The number of aryl methyl sites for hydroxylation is 2. The highest BCUT2D eigenvalue weighted by molar-refractivity contribution is 5.76. The number of nitrogens with zero attached hydrogens (tertiary/aromatic N) is 4. The number of piperidine rings is 1. The molecular weight excluding hydrogens is 362 g/mol. The number of anilines is 1. The number of ether oxygens (including phenoxy) is 1. The Morgan fingerprint density at radius 3 is 2.59 bits per heavy atom. The van der Waals surface area contributed by atoms with Crippen molar-refractivity contribution in [1.82, 2.24) is 19.9 Å². The van der Waals surface area contributed by atoms with Crippen LogP contribution in [0.4, 0.5) is 5.82 Å². The second kappa shape index (κ2) is 8.23. The van der Waals surface area contributed by atoms with Crippen molar-refractivity contribution in [2.75, 3.05) is 18.0 Å². The van der Waals surface area contributed by atoms with Gasteiger partial charge in [-0.1, -0.05) is 29.8 Å². The van der Waals surface area contributed by atoms with Gasteiger partial charge in [-0.3, -0.25) is 0 Å². The van der Waals surface area contributed by atoms with Crippen LogP contribution in [0.1, 0.15) is 49.6 Å². The summed E-state index contributed by atoms with van der Waals surface area (Å²) in [5.41, 5.74) is 5.80. The molecule has 1 aliphatic heterocycles. The predicted molar refractivity (Wildman–Crippen MR) is 115 cm³/mol. The highest BCUT2D eigenvalue weighted by atomic mass is 16.5. The van der Waals surface area contributed by atoms with Gasteiger partial charge in [-0.15, -0.1) is 0 Å². The molecule has 29 heavy (non-hydrogen) atoms. The largest absolute Gasteiger partial charge is 0.461 e. The number of hydrogen-bond acceptors (Lipinski definition) is 5. The molecule has 1 fully saturated rings. The van der Waals surface area contributed by atoms with E-state index in [4.69, 9.17) is 9.72 Å². The molecule has 0 spiro atoms. The Kier molecular flexibility index (Phi) is 5.51. The number of H-pyrrole nitrogens is 1. The van der Waals surface area contributed by atoms with Crippen LogP contribution < -0.4 is 9.64 Å². The molecule has 0 radical (unpaired) electrons. The van der Waals surface area contributed by atoms with Crippen LogP contribution in [0.5, 0.6) is 6.01 Å². The van der Waals surface area contributed by atoms with Gasteiger partial charge in [0.1, 0.15) is 5.82 Å². The summed E-state index contributed by atoms with van der Waals surface area (Å²) in [6.45, 7) is 10.1. The van der Waals surface area contributed by atoms with Gasteiger partial charge in [0.25, 0.3) is 0 Å². The molecule has 0 bridgehead atoms. The van der Waals surface area contributed by atoms with Crippen LogP contribution in [0, 0.1) is 13.8 Å². The minimum absolute atomic E-state index is 0.0426. The second-order valence-electron chi connectivity index (χ2n) is 8.10. The average Bonchev–Trinajstić information content (AvgIpc) is 3.13. The first-order chi connectivity index (χ1) is 14.0. The average molecular weight is 392 g/mol. The summed E-state index contributed by atoms with van der Waals surface area (Å²) < 4.78 is 5.79. The Morgan fingerprint density at radius 2 is 1.93 bits per heavy atom. The van der Waals surface area contributed by atoms with Crippen molar-refractivity contribution in [3.05, 3.63) is 53.7 Å². The number of aromatic nitrogens is 4. The van der Waals surface area contributed by atoms with Crippen molar-refractivity contribution in [2.45, 2.75) is 52.6 Å². The van der Waals surface area contributed by atoms with Gasteiger partial charge >= 0.3 is 6.01 Å². The topological polar surface area (TPSA) is 66.9 Å². The number of rotatable bonds is 5. The lowest BCUT2D eigenvalue weighted by Gasteiger charge is -2.33. The van der Waals surface area contributed by atoms with E-state index in [9.17, 15) is 0 Å². The summed E-state index contributed by atoms with van der Waals surface area (Å²) in [6.07, 6.45) is 5.86. The number of nitrogens with one attached hydrogen (secondary N) is 1. The lowest BCUT2D eigenvalue weighted by molar-refractivity contribution is 0.222. The monoisotopic (exact) mass is 391 g/mol. The van der Waals surface area contributed by atoms with E-state index in [0.29, 0.717) is 11.9 Å². The molecule has 3 heterocycles. The highest BCUT2D eigenvalue weighted by Crippen LogP contribution is 2.35. The first kappa shape index (κ1) is 19.4. The van der Waals surface area contributed by atoms with E-state index in [1.807, 2.05) is 20.0 Å². The van der Waals surface area contributed by atoms with E-state index in [0.717, 1.165) is 42.9 Å². The molecule has 0 saturated carbocycles. The first-order valence-electron chi connectivity index (χ1n) is 10.4. The Balaban J connectivity index is 1.63. The van der Waals surface area contributed by atoms with Crippen LogP contribution in [-0.4, -0.2) is 39.1 Å². The van der Waals surface area contributed by atoms with Gasteiger partial charge in [-0.05, 0) is 46.1 Å². The number of hydrogen-bond donors (Lipinski definition) is 1. The smallest absolute Gasteiger partial charge is 0.318 e. The summed E-state index contributed by atoms with van der Waals surface area (Å²) in [6, 6.07) is 8.94. The van der Waals surface area contributed by atoms with Gasteiger partial charge in [-0.25, -0.2) is 9.97 Å². The van der Waals surface area contributed by atoms with Crippen LogP contribution in [0.15, 0.2) is 36.8 Å². The van der Waals surface area contributed by atoms with Crippen molar-refractivity contribution < 1.29 is 4.74 Å². The van der Waals surface area contributed by atoms with Gasteiger partial charge in [0, 0.05) is 36.5 Å². The maximum Gasteiger partial charge on any atom is 0.318 e. The third kappa shape index (κ3) is 4.26. The maximum absolute atomic E-state index is 5.79. The van der Waals surface area contributed by atoms with Crippen molar-refractivity contribution in [1.29, 1.82) is 0 Å². The fourth-order valence-corrected chi connectivity index (χ4v) is 4.03. The standard InChI is InChI=1S/C23H29N5O/c1-15(2)29-23-24-13-20(19-7-5-6-16(3)12-19)22(27-23)28-10-8-18(9-11-28)21-17(4)25-14-26-21/h5-7,12-15,18H,8-11H2,1-4H3,(H,25,26). The minimum Gasteiger partial charge on any atom is -0.461 e. The van der Waals surface area contributed by atoms with Gasteiger partial charge < -0.3 is 14.6 Å². The summed E-state index contributed by atoms with van der Waals surface area (Å²) in [5, 5.41) is 0. The van der Waals surface area contributed by atoms with Crippen LogP contribution in [0.3, 0.4) is 0 Å². The van der Waals surface area contributed by atoms with Gasteiger partial charge in [0.15, 0.2) is 0 Å².